The minimum atomic E-state index is -3.64. The van der Waals surface area contributed by atoms with Crippen molar-refractivity contribution < 1.29 is 13.2 Å². The van der Waals surface area contributed by atoms with Crippen LogP contribution in [0.1, 0.15) is 27.4 Å². The second-order valence-corrected chi connectivity index (χ2v) is 10.5. The lowest BCUT2D eigenvalue weighted by molar-refractivity contribution is 0.0765. The predicted molar refractivity (Wildman–Crippen MR) is 107 cm³/mol. The van der Waals surface area contributed by atoms with E-state index < -0.39 is 10.0 Å². The minimum absolute atomic E-state index is 0.104. The smallest absolute Gasteiger partial charge is 0.265 e. The van der Waals surface area contributed by atoms with Gasteiger partial charge in [0, 0.05) is 24.5 Å². The van der Waals surface area contributed by atoms with Crippen molar-refractivity contribution in [2.75, 3.05) is 19.6 Å². The molecule has 1 aliphatic rings. The van der Waals surface area contributed by atoms with Crippen molar-refractivity contribution in [3.63, 3.8) is 0 Å². The highest BCUT2D eigenvalue weighted by atomic mass is 35.5. The van der Waals surface area contributed by atoms with Crippen LogP contribution < -0.4 is 0 Å². The molecule has 1 amide bonds. The molecular weight excluding hydrogens is 412 g/mol. The summed E-state index contributed by atoms with van der Waals surface area (Å²) < 4.78 is 27.9. The van der Waals surface area contributed by atoms with Gasteiger partial charge in [0.1, 0.15) is 9.77 Å². The monoisotopic (exact) mass is 430 g/mol. The van der Waals surface area contributed by atoms with E-state index in [9.17, 15) is 13.2 Å². The van der Waals surface area contributed by atoms with E-state index in [1.807, 2.05) is 6.07 Å². The normalized spacial score (nSPS) is 15.3. The lowest BCUT2D eigenvalue weighted by Gasteiger charge is -2.21. The van der Waals surface area contributed by atoms with Crippen LogP contribution in [0.4, 0.5) is 0 Å². The largest absolute Gasteiger partial charge is 0.329 e. The molecule has 0 N–H and O–H groups in total. The first-order chi connectivity index (χ1) is 12.4. The fraction of sp³-hybridized carbons (Fsp3) is 0.353. The molecule has 0 radical (unpaired) electrons. The fourth-order valence-electron chi connectivity index (χ4n) is 2.87. The molecule has 140 valence electrons. The van der Waals surface area contributed by atoms with Crippen LogP contribution in [0.15, 0.2) is 41.1 Å². The highest BCUT2D eigenvalue weighted by Gasteiger charge is 2.33. The summed E-state index contributed by atoms with van der Waals surface area (Å²) in [5.41, 5.74) is 0. The summed E-state index contributed by atoms with van der Waals surface area (Å²) in [4.78, 5) is 15.9. The summed E-state index contributed by atoms with van der Waals surface area (Å²) in [7, 11) is -3.64. The third kappa shape index (κ3) is 4.04. The molecule has 1 fully saturated rings. The summed E-state index contributed by atoms with van der Waals surface area (Å²) in [5.74, 6) is -0.304. The Morgan fingerprint density at radius 1 is 1.31 bits per heavy atom. The first-order valence-corrected chi connectivity index (χ1v) is 11.7. The summed E-state index contributed by atoms with van der Waals surface area (Å²) in [6, 6.07) is 5.18. The minimum Gasteiger partial charge on any atom is -0.329 e. The Balaban J connectivity index is 1.88. The summed E-state index contributed by atoms with van der Waals surface area (Å²) in [6.07, 6.45) is 3.35. The number of thiophene rings is 2. The molecule has 0 aromatic carbocycles. The molecule has 3 heterocycles. The van der Waals surface area contributed by atoms with Gasteiger partial charge in [0.2, 0.25) is 10.0 Å². The Morgan fingerprint density at radius 3 is 2.65 bits per heavy atom. The van der Waals surface area contributed by atoms with Gasteiger partial charge in [-0.05, 0) is 36.4 Å². The summed E-state index contributed by atoms with van der Waals surface area (Å²) in [5, 5.41) is 1.66. The van der Waals surface area contributed by atoms with E-state index in [0.717, 1.165) is 29.1 Å². The van der Waals surface area contributed by atoms with E-state index in [2.05, 4.69) is 6.58 Å². The third-order valence-electron chi connectivity index (χ3n) is 4.12. The SMILES string of the molecule is C=CCN(Cc1ccc(Cl)s1)C(=O)c1sccc1S(=O)(=O)N1CCCC1. The number of amides is 1. The average molecular weight is 431 g/mol. The zero-order chi connectivity index (χ0) is 18.7. The van der Waals surface area contributed by atoms with Gasteiger partial charge in [0.15, 0.2) is 0 Å². The molecular formula is C17H19ClN2O3S3. The lowest BCUT2D eigenvalue weighted by Crippen LogP contribution is -2.33. The summed E-state index contributed by atoms with van der Waals surface area (Å²) >= 11 is 8.53. The van der Waals surface area contributed by atoms with Gasteiger partial charge >= 0.3 is 0 Å². The van der Waals surface area contributed by atoms with Crippen molar-refractivity contribution in [2.24, 2.45) is 0 Å². The standard InChI is InChI=1S/C17H19ClN2O3S3/c1-2-8-19(12-13-5-6-15(18)25-13)17(21)16-14(7-11-24-16)26(22,23)20-9-3-4-10-20/h2,5-7,11H,1,3-4,8-10,12H2. The quantitative estimate of drug-likeness (QED) is 0.622. The topological polar surface area (TPSA) is 57.7 Å². The van der Waals surface area contributed by atoms with Crippen LogP contribution in [0.5, 0.6) is 0 Å². The molecule has 0 bridgehead atoms. The molecule has 9 heteroatoms. The maximum Gasteiger partial charge on any atom is 0.265 e. The van der Waals surface area contributed by atoms with Gasteiger partial charge < -0.3 is 4.90 Å². The van der Waals surface area contributed by atoms with Crippen LogP contribution in [0.2, 0.25) is 4.34 Å². The van der Waals surface area contributed by atoms with Crippen LogP contribution in [0, 0.1) is 0 Å². The van der Waals surface area contributed by atoms with Crippen LogP contribution in [-0.4, -0.2) is 43.2 Å². The molecule has 5 nitrogen and oxygen atoms in total. The second kappa shape index (κ2) is 8.22. The number of carbonyl (C=O) groups is 1. The molecule has 2 aromatic rings. The van der Waals surface area contributed by atoms with Crippen LogP contribution in [-0.2, 0) is 16.6 Å². The summed E-state index contributed by atoms with van der Waals surface area (Å²) in [6.45, 7) is 5.42. The Morgan fingerprint density at radius 2 is 2.04 bits per heavy atom. The van der Waals surface area contributed by atoms with Crippen molar-refractivity contribution in [3.05, 3.63) is 50.3 Å². The van der Waals surface area contributed by atoms with E-state index in [4.69, 9.17) is 11.6 Å². The average Bonchev–Trinajstić information content (AvgIpc) is 3.35. The predicted octanol–water partition coefficient (Wildman–Crippen LogP) is 4.08. The number of hydrogen-bond donors (Lipinski definition) is 0. The number of rotatable bonds is 7. The molecule has 1 saturated heterocycles. The van der Waals surface area contributed by atoms with E-state index >= 15 is 0 Å². The van der Waals surface area contributed by atoms with E-state index in [1.54, 1.807) is 22.4 Å². The molecule has 1 aliphatic heterocycles. The van der Waals surface area contributed by atoms with E-state index in [0.29, 0.717) is 30.5 Å². The highest BCUT2D eigenvalue weighted by molar-refractivity contribution is 7.89. The Labute approximate surface area is 166 Å². The van der Waals surface area contributed by atoms with Crippen LogP contribution in [0.3, 0.4) is 0 Å². The molecule has 0 spiro atoms. The number of hydrogen-bond acceptors (Lipinski definition) is 5. The number of sulfonamides is 1. The van der Waals surface area contributed by atoms with E-state index in [1.165, 1.54) is 21.7 Å². The zero-order valence-corrected chi connectivity index (χ0v) is 17.3. The van der Waals surface area contributed by atoms with Gasteiger partial charge in [0.05, 0.1) is 10.9 Å². The molecule has 3 rings (SSSR count). The fourth-order valence-corrected chi connectivity index (χ4v) is 6.85. The molecule has 0 atom stereocenters. The Kier molecular flexibility index (Phi) is 6.19. The van der Waals surface area contributed by atoms with Crippen LogP contribution in [0.25, 0.3) is 0 Å². The van der Waals surface area contributed by atoms with Crippen molar-refractivity contribution >= 4 is 50.2 Å². The maximum atomic E-state index is 13.1. The van der Waals surface area contributed by atoms with Crippen molar-refractivity contribution in [1.82, 2.24) is 9.21 Å². The number of halogens is 1. The van der Waals surface area contributed by atoms with E-state index in [-0.39, 0.29) is 15.7 Å². The molecule has 2 aromatic heterocycles. The molecule has 0 saturated carbocycles. The molecule has 0 unspecified atom stereocenters. The molecule has 0 aliphatic carbocycles. The van der Waals surface area contributed by atoms with Crippen molar-refractivity contribution in [1.29, 1.82) is 0 Å². The van der Waals surface area contributed by atoms with Gasteiger partial charge in [-0.15, -0.1) is 29.3 Å². The first kappa shape index (κ1) is 19.6. The third-order valence-corrected chi connectivity index (χ3v) is 8.31. The Bertz CT molecular complexity index is 898. The molecule has 26 heavy (non-hydrogen) atoms. The highest BCUT2D eigenvalue weighted by Crippen LogP contribution is 2.30. The van der Waals surface area contributed by atoms with Gasteiger partial charge in [-0.25, -0.2) is 8.42 Å². The Hall–Kier alpha value is -1.19. The second-order valence-electron chi connectivity index (χ2n) is 5.91. The number of carbonyl (C=O) groups excluding carboxylic acids is 1. The van der Waals surface area contributed by atoms with Gasteiger partial charge in [0.25, 0.3) is 5.91 Å². The van der Waals surface area contributed by atoms with Gasteiger partial charge in [-0.1, -0.05) is 17.7 Å². The van der Waals surface area contributed by atoms with Crippen LogP contribution >= 0.6 is 34.3 Å². The number of nitrogens with zero attached hydrogens (tertiary/aromatic N) is 2. The van der Waals surface area contributed by atoms with Crippen molar-refractivity contribution in [2.45, 2.75) is 24.3 Å². The zero-order valence-electron chi connectivity index (χ0n) is 14.1. The van der Waals surface area contributed by atoms with Crippen molar-refractivity contribution in [3.8, 4) is 0 Å². The first-order valence-electron chi connectivity index (χ1n) is 8.15. The maximum absolute atomic E-state index is 13.1. The van der Waals surface area contributed by atoms with Gasteiger partial charge in [-0.3, -0.25) is 4.79 Å². The van der Waals surface area contributed by atoms with Gasteiger partial charge in [-0.2, -0.15) is 4.31 Å². The lowest BCUT2D eigenvalue weighted by atomic mass is 10.3.